The molecular formula is C82H109N17O28. The average Bonchev–Trinajstić information content (AvgIpc) is 1.71. The number of Topliss-reactive ketones (excluding diaryl/α,β-unsaturated/α-hetero) is 1. The fraction of sp³-hybridized carbons (Fsp3) is 0.476. The second-order valence-corrected chi connectivity index (χ2v) is 30.9. The molecule has 1 aliphatic rings. The number of aliphatic hydroxyl groups is 1. The summed E-state index contributed by atoms with van der Waals surface area (Å²) in [4.78, 5) is 292. The van der Waals surface area contributed by atoms with E-state index in [0.29, 0.717) is 27.6 Å². The number of unbranched alkanes of at least 4 members (excludes halogenated alkanes) is 2. The maximum Gasteiger partial charge on any atom is 0.407 e. The van der Waals surface area contributed by atoms with Gasteiger partial charge in [-0.05, 0) is 114 Å². The second kappa shape index (κ2) is 49.8. The van der Waals surface area contributed by atoms with Gasteiger partial charge < -0.3 is 126 Å². The van der Waals surface area contributed by atoms with Gasteiger partial charge in [-0.3, -0.25) is 91.1 Å². The number of hydrogen-bond acceptors (Lipinski definition) is 25. The minimum atomic E-state index is -2.51. The molecule has 0 aliphatic carbocycles. The molecule has 45 heteroatoms. The highest BCUT2D eigenvalue weighted by Gasteiger charge is 2.41. The van der Waals surface area contributed by atoms with Gasteiger partial charge in [-0.1, -0.05) is 81.3 Å². The van der Waals surface area contributed by atoms with Crippen molar-refractivity contribution in [2.75, 3.05) is 32.0 Å². The molecule has 3 aromatic carbocycles. The molecule has 15 amide bonds. The SMILES string of the molecule is CCCCCc1ccc(/C(C)=C/C(=O)N[C@@H](Cc2c[nH]c3ccccc23)C(=O)N[C@H](CC(N)=O)C(=O)N[C@@H](CC(=O)O)C(=O)N[C@@H]2C(=O)NCC(=O)N[C@@H](CCCNC(=O)OC(C)(C)C)C(=O)N[C@@H](CC(=O)O)C(=O)N[C@H](C)C(=O)N[C@@H](CC(=O)O)C(=O)NCC(=O)N[C@H](CO)C(=O)N[C@@H]([C@H](C)CC(=O)O)C(=O)N[C@@H](CC(=O)c3ccccc3N)C(=O)O[C@@H]2C)cc1. The number of para-hydroxylation sites is 2. The number of esters is 1. The number of fused-ring (bicyclic) bond motifs is 1. The van der Waals surface area contributed by atoms with Crippen LogP contribution in [0.5, 0.6) is 0 Å². The van der Waals surface area contributed by atoms with Crippen LogP contribution >= 0.6 is 0 Å². The minimum absolute atomic E-state index is 0.211. The van der Waals surface area contributed by atoms with E-state index < -0.39 is 273 Å². The second-order valence-electron chi connectivity index (χ2n) is 30.9. The summed E-state index contributed by atoms with van der Waals surface area (Å²) in [5.41, 5.74) is 13.5. The molecule has 4 aromatic rings. The number of nitrogens with two attached hydrogens (primary N) is 2. The highest BCUT2D eigenvalue weighted by atomic mass is 16.6. The highest BCUT2D eigenvalue weighted by molar-refractivity contribution is 6.06. The van der Waals surface area contributed by atoms with Crippen LogP contribution in [-0.2, 0) is 113 Å². The summed E-state index contributed by atoms with van der Waals surface area (Å²) in [6, 6.07) is -3.89. The monoisotopic (exact) mass is 1780 g/mol. The number of carbonyl (C=O) groups is 21. The lowest BCUT2D eigenvalue weighted by Crippen LogP contribution is -2.62. The van der Waals surface area contributed by atoms with Crippen LogP contribution in [0.2, 0.25) is 0 Å². The molecule has 1 fully saturated rings. The van der Waals surface area contributed by atoms with Crippen molar-refractivity contribution in [3.8, 4) is 0 Å². The van der Waals surface area contributed by atoms with E-state index in [1.54, 1.807) is 37.4 Å². The summed E-state index contributed by atoms with van der Waals surface area (Å²) < 4.78 is 11.0. The number of aliphatic carboxylic acids is 4. The summed E-state index contributed by atoms with van der Waals surface area (Å²) >= 11 is 0. The molecule has 0 saturated carbocycles. The first-order valence-corrected chi connectivity index (χ1v) is 40.3. The number of ether oxygens (including phenoxy) is 2. The molecule has 13 atom stereocenters. The number of benzene rings is 3. The number of nitrogen functional groups attached to an aromatic ring is 1. The first kappa shape index (κ1) is 103. The zero-order valence-electron chi connectivity index (χ0n) is 70.9. The number of aromatic amines is 1. The number of H-pyrrole nitrogens is 1. The number of primary amides is 1. The normalized spacial score (nSPS) is 20.5. The number of allylic oxidation sites excluding steroid dienone is 1. The van der Waals surface area contributed by atoms with Crippen LogP contribution in [0.1, 0.15) is 153 Å². The number of carboxylic acid groups (broad SMARTS) is 4. The number of alkyl carbamates (subject to hydrolysis) is 1. The Labute approximate surface area is 726 Å². The van der Waals surface area contributed by atoms with Gasteiger partial charge in [-0.15, -0.1) is 0 Å². The van der Waals surface area contributed by atoms with Gasteiger partial charge in [0, 0.05) is 53.8 Å². The van der Waals surface area contributed by atoms with Gasteiger partial charge in [0.1, 0.15) is 78.2 Å². The summed E-state index contributed by atoms with van der Waals surface area (Å²) in [5.74, 6) is -30.7. The Morgan fingerprint density at radius 3 is 1.75 bits per heavy atom. The van der Waals surface area contributed by atoms with Gasteiger partial charge in [-0.2, -0.15) is 0 Å². The number of aliphatic hydroxyl groups excluding tert-OH is 1. The smallest absolute Gasteiger partial charge is 0.407 e. The highest BCUT2D eigenvalue weighted by Crippen LogP contribution is 2.23. The molecule has 24 N–H and O–H groups in total. The third-order valence-corrected chi connectivity index (χ3v) is 19.3. The minimum Gasteiger partial charge on any atom is -0.481 e. The maximum atomic E-state index is 15.0. The third kappa shape index (κ3) is 35.0. The van der Waals surface area contributed by atoms with E-state index in [9.17, 15) is 126 Å². The summed E-state index contributed by atoms with van der Waals surface area (Å²) in [6.07, 6.45) is -4.92. The number of carbonyl (C=O) groups excluding carboxylic acids is 17. The molecule has 0 radical (unpaired) electrons. The summed E-state index contributed by atoms with van der Waals surface area (Å²) in [5, 5.41) is 81.4. The molecule has 690 valence electrons. The van der Waals surface area contributed by atoms with E-state index in [-0.39, 0.29) is 30.6 Å². The van der Waals surface area contributed by atoms with Crippen LogP contribution in [0.4, 0.5) is 10.5 Å². The van der Waals surface area contributed by atoms with Crippen molar-refractivity contribution in [3.05, 3.63) is 107 Å². The molecule has 5 rings (SSSR count). The molecule has 127 heavy (non-hydrogen) atoms. The first-order chi connectivity index (χ1) is 59.8. The Balaban J connectivity index is 1.64. The number of ketones is 1. The zero-order chi connectivity index (χ0) is 94.7. The lowest BCUT2D eigenvalue weighted by Gasteiger charge is -2.30. The number of aromatic nitrogens is 1. The number of carboxylic acids is 4. The van der Waals surface area contributed by atoms with E-state index in [1.165, 1.54) is 51.1 Å². The van der Waals surface area contributed by atoms with Crippen LogP contribution in [0.3, 0.4) is 0 Å². The van der Waals surface area contributed by atoms with E-state index in [1.807, 2.05) is 40.2 Å². The topological polar surface area (TPSA) is 714 Å². The van der Waals surface area contributed by atoms with Gasteiger partial charge >= 0.3 is 35.9 Å². The van der Waals surface area contributed by atoms with Crippen LogP contribution in [0, 0.1) is 5.92 Å². The van der Waals surface area contributed by atoms with Crippen molar-refractivity contribution in [3.63, 3.8) is 0 Å². The van der Waals surface area contributed by atoms with Crippen molar-refractivity contribution >= 4 is 147 Å². The van der Waals surface area contributed by atoms with Gasteiger partial charge in [0.25, 0.3) is 0 Å². The van der Waals surface area contributed by atoms with Crippen molar-refractivity contribution in [2.24, 2.45) is 11.7 Å². The quantitative estimate of drug-likeness (QED) is 0.00714. The summed E-state index contributed by atoms with van der Waals surface area (Å²) in [6.45, 7) is 7.07. The van der Waals surface area contributed by atoms with Gasteiger partial charge in [-0.25, -0.2) is 9.59 Å². The maximum absolute atomic E-state index is 15.0. The largest absolute Gasteiger partial charge is 0.481 e. The molecular weight excluding hydrogens is 1670 g/mol. The molecule has 0 bridgehead atoms. The number of rotatable bonds is 34. The van der Waals surface area contributed by atoms with Gasteiger partial charge in [0.15, 0.2) is 5.78 Å². The van der Waals surface area contributed by atoms with Crippen LogP contribution < -0.4 is 85.9 Å². The molecule has 1 aromatic heterocycles. The van der Waals surface area contributed by atoms with Gasteiger partial charge in [0.2, 0.25) is 82.7 Å². The van der Waals surface area contributed by atoms with Crippen molar-refractivity contribution in [1.82, 2.24) is 79.4 Å². The number of amides is 15. The third-order valence-electron chi connectivity index (χ3n) is 19.3. The van der Waals surface area contributed by atoms with Gasteiger partial charge in [0.05, 0.1) is 51.8 Å². The lowest BCUT2D eigenvalue weighted by molar-refractivity contribution is -0.156. The molecule has 45 nitrogen and oxygen atoms in total. The fourth-order valence-electron chi connectivity index (χ4n) is 12.7. The average molecular weight is 1780 g/mol. The number of cyclic esters (lactones) is 1. The van der Waals surface area contributed by atoms with E-state index in [2.05, 4.69) is 70.4 Å². The standard InChI is InChI=1S/C82H109N17O28/c1-9-10-11-17-44-23-25-45(26-24-44)40(2)28-61(103)91-52(30-46-36-86-50-21-15-13-18-47(46)50)74(118)94-53(32-60(84)102)75(119)96-56(35-67(112)113)76(120)99-69-43(5)126-80(124)57(31-59(101)48-19-12-14-20-49(48)83)97-79(123)68(41(3)29-64(106)107)98-77(121)58(39-100)92-63(105)37-87-71(115)54(33-65(108)109)93-70(114)42(4)89-73(117)55(34-66(110)111)95-72(116)51(90-62(104)38-88-78(69)122)22-16-27-85-81(125)127-82(6,7)8/h12-15,18-21,23-26,28,36,41-43,51-58,68-69,86,100H,9-11,16-17,22,27,29-35,37-39,83H2,1-8H3,(H2,84,102)(H,85,125)(H,87,115)(H,88,122)(H,89,117)(H,90,104)(H,91,103)(H,92,105)(H,93,114)(H,94,118)(H,95,116)(H,96,119)(H,97,123)(H,98,121)(H,99,120)(H,106,107)(H,108,109)(H,110,111)(H,112,113)/b40-28+/t41-,42-,43-,51+,52+,53-,54+,55+,56+,57+,58-,68+,69+/m1/s1. The Bertz CT molecular complexity index is 4760. The number of hydrogen-bond donors (Lipinski definition) is 22. The Kier molecular flexibility index (Phi) is 40.4. The first-order valence-electron chi connectivity index (χ1n) is 40.3. The van der Waals surface area contributed by atoms with Crippen LogP contribution in [0.25, 0.3) is 16.5 Å². The molecule has 0 spiro atoms. The summed E-state index contributed by atoms with van der Waals surface area (Å²) in [7, 11) is 0. The van der Waals surface area contributed by atoms with E-state index in [0.717, 1.165) is 52.0 Å². The number of aryl methyl sites for hydroxylation is 1. The van der Waals surface area contributed by atoms with Crippen molar-refractivity contribution < 1.29 is 136 Å². The van der Waals surface area contributed by atoms with Crippen LogP contribution in [-0.4, -0.2) is 259 Å². The number of nitrogens with one attached hydrogen (secondary N) is 15. The molecule has 2 heterocycles. The van der Waals surface area contributed by atoms with Crippen molar-refractivity contribution in [1.29, 1.82) is 0 Å². The predicted octanol–water partition coefficient (Wildman–Crippen LogP) is -3.36. The Morgan fingerprint density at radius 2 is 1.15 bits per heavy atom. The molecule has 0 unspecified atom stereocenters. The van der Waals surface area contributed by atoms with E-state index >= 15 is 0 Å². The molecule has 1 saturated heterocycles. The fourth-order valence-corrected chi connectivity index (χ4v) is 12.7. The van der Waals surface area contributed by atoms with Crippen LogP contribution in [0.15, 0.2) is 85.1 Å². The Hall–Kier alpha value is -14.4. The van der Waals surface area contributed by atoms with Crippen molar-refractivity contribution in [2.45, 2.75) is 217 Å². The molecule has 1 aliphatic heterocycles. The van der Waals surface area contributed by atoms with E-state index in [4.69, 9.17) is 20.9 Å². The number of anilines is 1. The zero-order valence-corrected chi connectivity index (χ0v) is 70.9. The predicted molar refractivity (Wildman–Crippen MR) is 446 cm³/mol. The Morgan fingerprint density at radius 1 is 0.591 bits per heavy atom. The lowest BCUT2D eigenvalue weighted by atomic mass is 9.96.